The van der Waals surface area contributed by atoms with Crippen LogP contribution in [-0.4, -0.2) is 81.7 Å². The molecule has 1 aliphatic carbocycles. The molecule has 10 heteroatoms. The number of benzene rings is 1. The fourth-order valence-corrected chi connectivity index (χ4v) is 5.82. The van der Waals surface area contributed by atoms with Gasteiger partial charge in [-0.25, -0.2) is 9.59 Å². The van der Waals surface area contributed by atoms with Gasteiger partial charge in [-0.2, -0.15) is 0 Å². The van der Waals surface area contributed by atoms with Crippen LogP contribution in [0.2, 0.25) is 0 Å². The average molecular weight is 589 g/mol. The maximum Gasteiger partial charge on any atom is 0.407 e. The van der Waals surface area contributed by atoms with Crippen LogP contribution in [0, 0.1) is 5.92 Å². The minimum Gasteiger partial charge on any atom is -0.444 e. The number of aliphatic hydroxyl groups excluding tert-OH is 1. The molecule has 42 heavy (non-hydrogen) atoms. The number of nitrogens with one attached hydrogen (secondary N) is 3. The number of nitrogens with zero attached hydrogens (tertiary/aromatic N) is 1. The van der Waals surface area contributed by atoms with Crippen LogP contribution in [0.1, 0.15) is 91.5 Å². The van der Waals surface area contributed by atoms with E-state index in [1.165, 1.54) is 6.42 Å². The van der Waals surface area contributed by atoms with Crippen LogP contribution in [0.3, 0.4) is 0 Å². The van der Waals surface area contributed by atoms with Crippen LogP contribution in [0.5, 0.6) is 0 Å². The number of aliphatic hydroxyl groups is 2. The molecule has 10 nitrogen and oxygen atoms in total. The lowest BCUT2D eigenvalue weighted by Crippen LogP contribution is -2.59. The molecule has 4 amide bonds. The number of hydrogen-bond acceptors (Lipinski definition) is 6. The minimum absolute atomic E-state index is 0.101. The quantitative estimate of drug-likeness (QED) is 0.281. The Bertz CT molecular complexity index is 1010. The normalized spacial score (nSPS) is 19.4. The summed E-state index contributed by atoms with van der Waals surface area (Å²) in [5.74, 6) is -0.0309. The number of hydrogen-bond donors (Lipinski definition) is 5. The van der Waals surface area contributed by atoms with E-state index < -0.39 is 41.4 Å². The van der Waals surface area contributed by atoms with Gasteiger partial charge in [0.25, 0.3) is 0 Å². The maximum absolute atomic E-state index is 13.7. The molecule has 236 valence electrons. The molecule has 1 heterocycles. The van der Waals surface area contributed by atoms with Gasteiger partial charge in [-0.15, -0.1) is 0 Å². The highest BCUT2D eigenvalue weighted by atomic mass is 16.6. The molecule has 1 aromatic carbocycles. The number of carbonyl (C=O) groups excluding carboxylic acids is 3. The molecule has 0 spiro atoms. The number of likely N-dealkylation sites (tertiary alicyclic amines) is 1. The molecule has 3 rings (SSSR count). The van der Waals surface area contributed by atoms with Gasteiger partial charge in [0, 0.05) is 25.6 Å². The second kappa shape index (κ2) is 15.0. The van der Waals surface area contributed by atoms with Crippen molar-refractivity contribution in [2.75, 3.05) is 13.1 Å². The van der Waals surface area contributed by atoms with Gasteiger partial charge >= 0.3 is 12.1 Å². The first-order chi connectivity index (χ1) is 19.7. The third-order valence-corrected chi connectivity index (χ3v) is 8.14. The summed E-state index contributed by atoms with van der Waals surface area (Å²) in [4.78, 5) is 40.9. The van der Waals surface area contributed by atoms with Crippen molar-refractivity contribution in [3.63, 3.8) is 0 Å². The molecule has 3 atom stereocenters. The summed E-state index contributed by atoms with van der Waals surface area (Å²) in [7, 11) is 0. The molecular formula is C32H52N4O6. The number of alkyl carbamates (subject to hydrolysis) is 1. The Labute approximate surface area is 251 Å². The molecule has 1 aromatic rings. The predicted molar refractivity (Wildman–Crippen MR) is 162 cm³/mol. The standard InChI is InChI=1S/C32H52N4O6/c1-31(2,3)42-30(40)33-24-16-18-36(19-17-24)29(39)35-26(21-23-14-10-7-11-15-23)28(38)34-25(27(37)32(4,5)41)20-22-12-8-6-9-13-22/h7,10-11,14-15,22,24-27,37,41H,6,8-9,12-13,16-21H2,1-5H3,(H,33,40)(H,34,38)(H,35,39)/t25-,26-,27-/m0/s1. The van der Waals surface area contributed by atoms with E-state index in [1.807, 2.05) is 51.1 Å². The Morgan fingerprint density at radius 1 is 0.952 bits per heavy atom. The van der Waals surface area contributed by atoms with E-state index in [1.54, 1.807) is 18.7 Å². The van der Waals surface area contributed by atoms with Crippen LogP contribution in [0.4, 0.5) is 9.59 Å². The Morgan fingerprint density at radius 3 is 2.14 bits per heavy atom. The van der Waals surface area contributed by atoms with Gasteiger partial charge in [0.1, 0.15) is 17.7 Å². The predicted octanol–water partition coefficient (Wildman–Crippen LogP) is 3.88. The molecule has 1 saturated heterocycles. The summed E-state index contributed by atoms with van der Waals surface area (Å²) >= 11 is 0. The number of piperidine rings is 1. The van der Waals surface area contributed by atoms with Gasteiger partial charge in [0.05, 0.1) is 11.6 Å². The summed E-state index contributed by atoms with van der Waals surface area (Å²) < 4.78 is 5.35. The molecule has 1 aliphatic heterocycles. The monoisotopic (exact) mass is 588 g/mol. The first kappa shape index (κ1) is 33.6. The summed E-state index contributed by atoms with van der Waals surface area (Å²) in [6.07, 6.45) is 5.89. The van der Waals surface area contributed by atoms with Crippen LogP contribution in [0.15, 0.2) is 30.3 Å². The lowest BCUT2D eigenvalue weighted by molar-refractivity contribution is -0.127. The molecule has 0 unspecified atom stereocenters. The van der Waals surface area contributed by atoms with E-state index in [9.17, 15) is 24.6 Å². The van der Waals surface area contributed by atoms with Crippen molar-refractivity contribution in [2.24, 2.45) is 5.92 Å². The highest BCUT2D eigenvalue weighted by Gasteiger charge is 2.37. The minimum atomic E-state index is -1.40. The van der Waals surface area contributed by atoms with Crippen molar-refractivity contribution in [2.45, 2.75) is 128 Å². The van der Waals surface area contributed by atoms with Crippen molar-refractivity contribution < 1.29 is 29.3 Å². The smallest absolute Gasteiger partial charge is 0.407 e. The molecule has 0 radical (unpaired) electrons. The van der Waals surface area contributed by atoms with E-state index in [4.69, 9.17) is 4.74 Å². The summed E-state index contributed by atoms with van der Waals surface area (Å²) in [6, 6.07) is 7.51. The Balaban J connectivity index is 1.66. The van der Waals surface area contributed by atoms with Crippen molar-refractivity contribution in [1.82, 2.24) is 20.9 Å². The lowest BCUT2D eigenvalue weighted by Gasteiger charge is -2.37. The van der Waals surface area contributed by atoms with Crippen LogP contribution in [0.25, 0.3) is 0 Å². The van der Waals surface area contributed by atoms with Crippen LogP contribution in [-0.2, 0) is 16.0 Å². The molecule has 0 bridgehead atoms. The number of rotatable bonds is 10. The van der Waals surface area contributed by atoms with Gasteiger partial charge in [0.15, 0.2) is 0 Å². The molecule has 0 aromatic heterocycles. The van der Waals surface area contributed by atoms with E-state index in [0.717, 1.165) is 31.2 Å². The highest BCUT2D eigenvalue weighted by Crippen LogP contribution is 2.29. The van der Waals surface area contributed by atoms with Crippen LogP contribution >= 0.6 is 0 Å². The third-order valence-electron chi connectivity index (χ3n) is 8.14. The number of urea groups is 1. The van der Waals surface area contributed by atoms with Crippen molar-refractivity contribution in [3.8, 4) is 0 Å². The largest absolute Gasteiger partial charge is 0.444 e. The zero-order valence-electron chi connectivity index (χ0n) is 26.0. The van der Waals surface area contributed by atoms with E-state index in [-0.39, 0.29) is 18.5 Å². The first-order valence-corrected chi connectivity index (χ1v) is 15.5. The van der Waals surface area contributed by atoms with Gasteiger partial charge in [-0.05, 0) is 65.4 Å². The molecule has 1 saturated carbocycles. The molecular weight excluding hydrogens is 536 g/mol. The van der Waals surface area contributed by atoms with E-state index >= 15 is 0 Å². The Kier molecular flexibility index (Phi) is 12.1. The second-order valence-corrected chi connectivity index (χ2v) is 13.6. The fraction of sp³-hybridized carbons (Fsp3) is 0.719. The Hall–Kier alpha value is -2.85. The maximum atomic E-state index is 13.7. The first-order valence-electron chi connectivity index (χ1n) is 15.5. The van der Waals surface area contributed by atoms with Gasteiger partial charge in [-0.1, -0.05) is 62.4 Å². The van der Waals surface area contributed by atoms with Crippen LogP contribution < -0.4 is 16.0 Å². The zero-order chi connectivity index (χ0) is 30.9. The summed E-state index contributed by atoms with van der Waals surface area (Å²) in [6.45, 7) is 9.37. The van der Waals surface area contributed by atoms with Crippen molar-refractivity contribution >= 4 is 18.0 Å². The molecule has 2 fully saturated rings. The average Bonchev–Trinajstić information content (AvgIpc) is 2.91. The third kappa shape index (κ3) is 11.1. The topological polar surface area (TPSA) is 140 Å². The summed E-state index contributed by atoms with van der Waals surface area (Å²) in [5, 5.41) is 30.4. The number of ether oxygens (including phenoxy) is 1. The summed E-state index contributed by atoms with van der Waals surface area (Å²) in [5.41, 5.74) is -1.09. The van der Waals surface area contributed by atoms with Gasteiger partial charge in [0.2, 0.25) is 5.91 Å². The Morgan fingerprint density at radius 2 is 1.57 bits per heavy atom. The molecule has 5 N–H and O–H groups in total. The van der Waals surface area contributed by atoms with E-state index in [0.29, 0.717) is 38.3 Å². The lowest BCUT2D eigenvalue weighted by atomic mass is 9.81. The van der Waals surface area contributed by atoms with E-state index in [2.05, 4.69) is 16.0 Å². The van der Waals surface area contributed by atoms with Crippen molar-refractivity contribution in [3.05, 3.63) is 35.9 Å². The second-order valence-electron chi connectivity index (χ2n) is 13.6. The van der Waals surface area contributed by atoms with Crippen molar-refractivity contribution in [1.29, 1.82) is 0 Å². The highest BCUT2D eigenvalue weighted by molar-refractivity contribution is 5.87. The molecule has 2 aliphatic rings. The number of carbonyl (C=O) groups is 3. The van der Waals surface area contributed by atoms with Gasteiger partial charge in [-0.3, -0.25) is 4.79 Å². The fourth-order valence-electron chi connectivity index (χ4n) is 5.82. The zero-order valence-corrected chi connectivity index (χ0v) is 26.0. The van der Waals surface area contributed by atoms with Gasteiger partial charge < -0.3 is 35.8 Å². The number of amides is 4. The SMILES string of the molecule is CC(C)(C)OC(=O)NC1CCN(C(=O)N[C@@H](Cc2ccccc2)C(=O)N[C@@H](CC2CCCCC2)[C@H](O)C(C)(C)O)CC1.